The Morgan fingerprint density at radius 2 is 1.73 bits per heavy atom. The molecule has 1 atom stereocenters. The van der Waals surface area contributed by atoms with Crippen LogP contribution in [-0.2, 0) is 0 Å². The van der Waals surface area contributed by atoms with Crippen LogP contribution in [0.25, 0.3) is 0 Å². The van der Waals surface area contributed by atoms with E-state index in [0.717, 1.165) is 37.6 Å². The van der Waals surface area contributed by atoms with E-state index in [4.69, 9.17) is 9.15 Å². The van der Waals surface area contributed by atoms with Gasteiger partial charge in [0.05, 0.1) is 12.3 Å². The Labute approximate surface area is 174 Å². The van der Waals surface area contributed by atoms with Gasteiger partial charge in [0.2, 0.25) is 0 Å². The normalized spacial score (nSPS) is 15.6. The van der Waals surface area contributed by atoms with Crippen LogP contribution in [0.3, 0.4) is 0 Å². The lowest BCUT2D eigenvalue weighted by Gasteiger charge is -2.39. The molecule has 1 aromatic heterocycles. The third kappa shape index (κ3) is 4.99. The quantitative estimate of drug-likeness (QED) is 0.665. The molecule has 1 N–H and O–H groups in total. The van der Waals surface area contributed by atoms with Crippen LogP contribution in [-0.4, -0.2) is 43.7 Å². The highest BCUT2D eigenvalue weighted by Crippen LogP contribution is 2.24. The summed E-state index contributed by atoms with van der Waals surface area (Å²) >= 11 is 0. The monoisotopic (exact) mass is 409 g/mol. The van der Waals surface area contributed by atoms with Crippen molar-refractivity contribution in [3.8, 4) is 5.75 Å². The first-order valence-corrected chi connectivity index (χ1v) is 9.98. The van der Waals surface area contributed by atoms with Crippen molar-refractivity contribution in [2.24, 2.45) is 0 Å². The molecule has 2 heterocycles. The minimum Gasteiger partial charge on any atom is -0.468 e. The molecule has 1 aliphatic heterocycles. The number of ether oxygens (including phenoxy) is 1. The summed E-state index contributed by atoms with van der Waals surface area (Å²) in [4.78, 5) is 16.7. The molecule has 0 saturated carbocycles. The van der Waals surface area contributed by atoms with Crippen molar-refractivity contribution >= 4 is 11.8 Å². The van der Waals surface area contributed by atoms with Gasteiger partial charge in [0, 0.05) is 38.4 Å². The smallest absolute Gasteiger partial charge is 0.412 e. The molecule has 6 nitrogen and oxygen atoms in total. The molecule has 0 radical (unpaired) electrons. The van der Waals surface area contributed by atoms with Crippen LogP contribution in [0.5, 0.6) is 5.75 Å². The number of hydrogen-bond donors (Lipinski definition) is 1. The summed E-state index contributed by atoms with van der Waals surface area (Å²) in [6.07, 6.45) is 1.14. The van der Waals surface area contributed by atoms with Gasteiger partial charge in [0.15, 0.2) is 0 Å². The van der Waals surface area contributed by atoms with Gasteiger partial charge in [-0.2, -0.15) is 0 Å². The van der Waals surface area contributed by atoms with Crippen LogP contribution in [0, 0.1) is 5.82 Å². The average Bonchev–Trinajstić information content (AvgIpc) is 3.30. The van der Waals surface area contributed by atoms with Crippen LogP contribution >= 0.6 is 0 Å². The lowest BCUT2D eigenvalue weighted by molar-refractivity contribution is 0.155. The van der Waals surface area contributed by atoms with Gasteiger partial charge in [-0.15, -0.1) is 0 Å². The van der Waals surface area contributed by atoms with E-state index in [1.165, 1.54) is 12.1 Å². The highest BCUT2D eigenvalue weighted by Gasteiger charge is 2.27. The molecule has 1 saturated heterocycles. The van der Waals surface area contributed by atoms with Crippen molar-refractivity contribution < 1.29 is 18.3 Å². The van der Waals surface area contributed by atoms with Gasteiger partial charge in [0.25, 0.3) is 0 Å². The molecule has 0 spiro atoms. The maximum absolute atomic E-state index is 13.2. The topological polar surface area (TPSA) is 58.0 Å². The third-order valence-electron chi connectivity index (χ3n) is 5.21. The van der Waals surface area contributed by atoms with Crippen LogP contribution in [0.1, 0.15) is 11.8 Å². The van der Waals surface area contributed by atoms with Crippen LogP contribution in [0.15, 0.2) is 77.4 Å². The molecule has 4 rings (SSSR count). The number of halogens is 1. The highest BCUT2D eigenvalue weighted by molar-refractivity contribution is 5.70. The molecular formula is C23H24FN3O3. The SMILES string of the molecule is O=C(NC[C@H](c1ccco1)N1CCN(c2ccc(F)cc2)CC1)Oc1ccccc1. The Hall–Kier alpha value is -3.32. The van der Waals surface area contributed by atoms with E-state index >= 15 is 0 Å². The number of furan rings is 1. The molecule has 0 bridgehead atoms. The molecule has 1 amide bonds. The standard InChI is InChI=1S/C23H24FN3O3/c24-18-8-10-19(11-9-18)26-12-14-27(15-13-26)21(22-7-4-16-29-22)17-25-23(28)30-20-5-2-1-3-6-20/h1-11,16,21H,12-15,17H2,(H,25,28)/t21-/m1/s1. The van der Waals surface area contributed by atoms with E-state index in [-0.39, 0.29) is 11.9 Å². The zero-order chi connectivity index (χ0) is 20.8. The first-order chi connectivity index (χ1) is 14.7. The van der Waals surface area contributed by atoms with E-state index in [1.807, 2.05) is 30.3 Å². The summed E-state index contributed by atoms with van der Waals surface area (Å²) in [5, 5.41) is 2.85. The van der Waals surface area contributed by atoms with Gasteiger partial charge in [-0.3, -0.25) is 4.90 Å². The second kappa shape index (κ2) is 9.45. The Bertz CT molecular complexity index is 924. The van der Waals surface area contributed by atoms with E-state index in [0.29, 0.717) is 12.3 Å². The molecule has 2 aromatic carbocycles. The van der Waals surface area contributed by atoms with Crippen molar-refractivity contribution in [1.82, 2.24) is 10.2 Å². The number of amides is 1. The van der Waals surface area contributed by atoms with Crippen LogP contribution in [0.2, 0.25) is 0 Å². The van der Waals surface area contributed by atoms with Gasteiger partial charge in [-0.25, -0.2) is 9.18 Å². The molecular weight excluding hydrogens is 385 g/mol. The number of nitrogens with zero attached hydrogens (tertiary/aromatic N) is 2. The lowest BCUT2D eigenvalue weighted by atomic mass is 10.1. The fourth-order valence-corrected chi connectivity index (χ4v) is 3.65. The number of nitrogens with one attached hydrogen (secondary N) is 1. The van der Waals surface area contributed by atoms with Crippen LogP contribution in [0.4, 0.5) is 14.9 Å². The zero-order valence-corrected chi connectivity index (χ0v) is 16.5. The summed E-state index contributed by atoms with van der Waals surface area (Å²) in [6, 6.07) is 19.2. The minimum atomic E-state index is -0.497. The van der Waals surface area contributed by atoms with Crippen LogP contribution < -0.4 is 15.0 Å². The van der Waals surface area contributed by atoms with Crippen molar-refractivity contribution in [2.75, 3.05) is 37.6 Å². The van der Waals surface area contributed by atoms with Gasteiger partial charge in [-0.05, 0) is 48.5 Å². The molecule has 0 unspecified atom stereocenters. The maximum atomic E-state index is 13.2. The lowest BCUT2D eigenvalue weighted by Crippen LogP contribution is -2.50. The molecule has 1 aliphatic rings. The van der Waals surface area contributed by atoms with Gasteiger partial charge in [-0.1, -0.05) is 18.2 Å². The molecule has 30 heavy (non-hydrogen) atoms. The number of para-hydroxylation sites is 1. The van der Waals surface area contributed by atoms with Crippen molar-refractivity contribution in [3.05, 3.63) is 84.6 Å². The number of piperazine rings is 1. The maximum Gasteiger partial charge on any atom is 0.412 e. The fourth-order valence-electron chi connectivity index (χ4n) is 3.65. The predicted molar refractivity (Wildman–Crippen MR) is 112 cm³/mol. The van der Waals surface area contributed by atoms with Crippen molar-refractivity contribution in [1.29, 1.82) is 0 Å². The number of carbonyl (C=O) groups is 1. The average molecular weight is 409 g/mol. The fraction of sp³-hybridized carbons (Fsp3) is 0.261. The van der Waals surface area contributed by atoms with Crippen molar-refractivity contribution in [2.45, 2.75) is 6.04 Å². The van der Waals surface area contributed by atoms with E-state index in [2.05, 4.69) is 15.1 Å². The molecule has 7 heteroatoms. The minimum absolute atomic E-state index is 0.0984. The summed E-state index contributed by atoms with van der Waals surface area (Å²) in [5.74, 6) is 1.06. The summed E-state index contributed by atoms with van der Waals surface area (Å²) < 4.78 is 24.1. The summed E-state index contributed by atoms with van der Waals surface area (Å²) in [7, 11) is 0. The first kappa shape index (κ1) is 20.0. The summed E-state index contributed by atoms with van der Waals surface area (Å²) in [5.41, 5.74) is 1.01. The Morgan fingerprint density at radius 1 is 1.00 bits per heavy atom. The van der Waals surface area contributed by atoms with Gasteiger partial charge < -0.3 is 19.4 Å². The first-order valence-electron chi connectivity index (χ1n) is 9.98. The van der Waals surface area contributed by atoms with Gasteiger partial charge in [0.1, 0.15) is 17.3 Å². The number of benzene rings is 2. The van der Waals surface area contributed by atoms with E-state index in [1.54, 1.807) is 30.5 Å². The van der Waals surface area contributed by atoms with Crippen molar-refractivity contribution in [3.63, 3.8) is 0 Å². The second-order valence-electron chi connectivity index (χ2n) is 7.11. The Morgan fingerprint density at radius 3 is 2.40 bits per heavy atom. The number of hydrogen-bond acceptors (Lipinski definition) is 5. The molecule has 1 fully saturated rings. The molecule has 0 aliphatic carbocycles. The Kier molecular flexibility index (Phi) is 6.29. The predicted octanol–water partition coefficient (Wildman–Crippen LogP) is 4.07. The summed E-state index contributed by atoms with van der Waals surface area (Å²) in [6.45, 7) is 3.56. The van der Waals surface area contributed by atoms with E-state index < -0.39 is 6.09 Å². The number of anilines is 1. The third-order valence-corrected chi connectivity index (χ3v) is 5.21. The molecule has 156 valence electrons. The second-order valence-corrected chi connectivity index (χ2v) is 7.11. The highest BCUT2D eigenvalue weighted by atomic mass is 19.1. The molecule has 3 aromatic rings. The zero-order valence-electron chi connectivity index (χ0n) is 16.5. The largest absolute Gasteiger partial charge is 0.468 e. The van der Waals surface area contributed by atoms with Gasteiger partial charge >= 0.3 is 6.09 Å². The Balaban J connectivity index is 1.36. The number of rotatable bonds is 6. The van der Waals surface area contributed by atoms with E-state index in [9.17, 15) is 9.18 Å². The number of carbonyl (C=O) groups excluding carboxylic acids is 1.